The van der Waals surface area contributed by atoms with Gasteiger partial charge in [0.15, 0.2) is 9.84 Å². The Morgan fingerprint density at radius 1 is 1.07 bits per heavy atom. The number of alkyl halides is 2. The van der Waals surface area contributed by atoms with Crippen LogP contribution >= 0.6 is 0 Å². The van der Waals surface area contributed by atoms with Gasteiger partial charge in [-0.3, -0.25) is 4.90 Å². The molecule has 0 amide bonds. The Labute approximate surface area is 168 Å². The van der Waals surface area contributed by atoms with Crippen LogP contribution in [0.3, 0.4) is 0 Å². The van der Waals surface area contributed by atoms with Gasteiger partial charge in [-0.1, -0.05) is 48.5 Å². The van der Waals surface area contributed by atoms with Crippen LogP contribution in [0.5, 0.6) is 0 Å². The molecule has 29 heavy (non-hydrogen) atoms. The van der Waals surface area contributed by atoms with Crippen LogP contribution in [-0.2, 0) is 26.0 Å². The quantitative estimate of drug-likeness (QED) is 0.695. The van der Waals surface area contributed by atoms with E-state index >= 15 is 0 Å². The van der Waals surface area contributed by atoms with Gasteiger partial charge in [0.05, 0.1) is 16.7 Å². The number of sulfone groups is 1. The summed E-state index contributed by atoms with van der Waals surface area (Å²) >= 11 is 0. The number of hydrogen-bond donors (Lipinski definition) is 0. The fourth-order valence-corrected chi connectivity index (χ4v) is 6.58. The first-order valence-corrected chi connectivity index (χ1v) is 10.9. The lowest BCUT2D eigenvalue weighted by Crippen LogP contribution is -2.56. The maximum absolute atomic E-state index is 14.4. The number of benzene rings is 2. The molecule has 0 aromatic heterocycles. The number of hydrogen-bond acceptors (Lipinski definition) is 5. The molecule has 2 saturated heterocycles. The smallest absolute Gasteiger partial charge is 0.328 e. The van der Waals surface area contributed by atoms with Crippen molar-refractivity contribution >= 4 is 15.8 Å². The van der Waals surface area contributed by atoms with Gasteiger partial charge in [0.2, 0.25) is 0 Å². The molecule has 0 radical (unpaired) electrons. The SMILES string of the molecule is O=C(OCc1ccccc1)C12CC(F)(F)CN1CCC2S(=O)(=O)c1ccccc1. The van der Waals surface area contributed by atoms with E-state index in [2.05, 4.69) is 0 Å². The summed E-state index contributed by atoms with van der Waals surface area (Å²) in [4.78, 5) is 14.5. The van der Waals surface area contributed by atoms with Gasteiger partial charge in [-0.15, -0.1) is 0 Å². The summed E-state index contributed by atoms with van der Waals surface area (Å²) in [7, 11) is -4.01. The van der Waals surface area contributed by atoms with E-state index in [4.69, 9.17) is 4.74 Å². The van der Waals surface area contributed by atoms with Crippen LogP contribution in [0.2, 0.25) is 0 Å². The molecule has 2 aromatic rings. The lowest BCUT2D eigenvalue weighted by atomic mass is 9.92. The highest BCUT2D eigenvalue weighted by atomic mass is 32.2. The number of carbonyl (C=O) groups excluding carboxylic acids is 1. The van der Waals surface area contributed by atoms with Gasteiger partial charge in [0.25, 0.3) is 5.92 Å². The van der Waals surface area contributed by atoms with Gasteiger partial charge in [0.1, 0.15) is 12.1 Å². The zero-order valence-electron chi connectivity index (χ0n) is 15.6. The number of ether oxygens (including phenoxy) is 1. The van der Waals surface area contributed by atoms with Gasteiger partial charge >= 0.3 is 5.97 Å². The standard InChI is InChI=1S/C21H21F2NO4S/c22-20(23)14-21(19(25)28-13-16-7-3-1-4-8-16)18(11-12-24(21)15-20)29(26,27)17-9-5-2-6-10-17/h1-10,18H,11-15H2. The third kappa shape index (κ3) is 3.44. The predicted molar refractivity (Wildman–Crippen MR) is 102 cm³/mol. The monoisotopic (exact) mass is 421 g/mol. The second kappa shape index (κ2) is 7.18. The van der Waals surface area contributed by atoms with Gasteiger partial charge < -0.3 is 4.74 Å². The fraction of sp³-hybridized carbons (Fsp3) is 0.381. The summed E-state index contributed by atoms with van der Waals surface area (Å²) in [6.45, 7) is -0.639. The summed E-state index contributed by atoms with van der Waals surface area (Å²) in [5.74, 6) is -4.06. The summed E-state index contributed by atoms with van der Waals surface area (Å²) in [6.07, 6.45) is -0.752. The molecule has 0 aliphatic carbocycles. The Morgan fingerprint density at radius 2 is 1.69 bits per heavy atom. The van der Waals surface area contributed by atoms with Crippen LogP contribution in [0.15, 0.2) is 65.6 Å². The zero-order valence-corrected chi connectivity index (χ0v) is 16.4. The average Bonchev–Trinajstić information content (AvgIpc) is 3.19. The molecular formula is C21H21F2NO4S. The Balaban J connectivity index is 1.69. The van der Waals surface area contributed by atoms with E-state index in [9.17, 15) is 22.0 Å². The molecule has 5 nitrogen and oxygen atoms in total. The van der Waals surface area contributed by atoms with E-state index in [1.54, 1.807) is 42.5 Å². The van der Waals surface area contributed by atoms with Crippen LogP contribution in [0.4, 0.5) is 8.78 Å². The third-order valence-electron chi connectivity index (χ3n) is 5.72. The number of fused-ring (bicyclic) bond motifs is 1. The molecular weight excluding hydrogens is 400 g/mol. The first-order chi connectivity index (χ1) is 13.8. The second-order valence-electron chi connectivity index (χ2n) is 7.58. The molecule has 154 valence electrons. The van der Waals surface area contributed by atoms with Crippen molar-refractivity contribution < 1.29 is 26.7 Å². The molecule has 4 rings (SSSR count). The molecule has 2 atom stereocenters. The average molecular weight is 421 g/mol. The topological polar surface area (TPSA) is 63.7 Å². The van der Waals surface area contributed by atoms with E-state index in [1.165, 1.54) is 17.0 Å². The molecule has 2 heterocycles. The van der Waals surface area contributed by atoms with Crippen LogP contribution in [0.1, 0.15) is 18.4 Å². The zero-order chi connectivity index (χ0) is 20.7. The van der Waals surface area contributed by atoms with E-state index < -0.39 is 45.5 Å². The Morgan fingerprint density at radius 3 is 2.34 bits per heavy atom. The number of nitrogens with zero attached hydrogens (tertiary/aromatic N) is 1. The molecule has 2 unspecified atom stereocenters. The van der Waals surface area contributed by atoms with Crippen molar-refractivity contribution in [1.29, 1.82) is 0 Å². The summed E-state index contributed by atoms with van der Waals surface area (Å²) < 4.78 is 60.7. The maximum Gasteiger partial charge on any atom is 0.328 e. The number of halogens is 2. The molecule has 0 N–H and O–H groups in total. The van der Waals surface area contributed by atoms with E-state index in [0.29, 0.717) is 5.56 Å². The van der Waals surface area contributed by atoms with Gasteiger partial charge in [-0.05, 0) is 24.1 Å². The van der Waals surface area contributed by atoms with Gasteiger partial charge in [-0.2, -0.15) is 0 Å². The summed E-state index contributed by atoms with van der Waals surface area (Å²) in [6, 6.07) is 16.5. The predicted octanol–water partition coefficient (Wildman–Crippen LogP) is 3.06. The molecule has 2 aliphatic heterocycles. The van der Waals surface area contributed by atoms with Crippen molar-refractivity contribution in [1.82, 2.24) is 4.90 Å². The van der Waals surface area contributed by atoms with Crippen molar-refractivity contribution in [3.8, 4) is 0 Å². The molecule has 2 fully saturated rings. The number of rotatable bonds is 5. The van der Waals surface area contributed by atoms with Crippen molar-refractivity contribution in [3.05, 3.63) is 66.2 Å². The fourth-order valence-electron chi connectivity index (χ4n) is 4.46. The largest absolute Gasteiger partial charge is 0.459 e. The van der Waals surface area contributed by atoms with E-state index in [0.717, 1.165) is 0 Å². The lowest BCUT2D eigenvalue weighted by Gasteiger charge is -2.33. The van der Waals surface area contributed by atoms with Gasteiger partial charge in [-0.25, -0.2) is 22.0 Å². The Bertz CT molecular complexity index is 998. The number of esters is 1. The van der Waals surface area contributed by atoms with Crippen molar-refractivity contribution in [2.24, 2.45) is 0 Å². The van der Waals surface area contributed by atoms with Crippen molar-refractivity contribution in [2.75, 3.05) is 13.1 Å². The highest BCUT2D eigenvalue weighted by Crippen LogP contribution is 2.50. The van der Waals surface area contributed by atoms with Crippen molar-refractivity contribution in [3.63, 3.8) is 0 Å². The van der Waals surface area contributed by atoms with E-state index in [1.807, 2.05) is 6.07 Å². The maximum atomic E-state index is 14.4. The van der Waals surface area contributed by atoms with Crippen LogP contribution in [0.25, 0.3) is 0 Å². The van der Waals surface area contributed by atoms with Crippen LogP contribution in [0, 0.1) is 0 Å². The minimum Gasteiger partial charge on any atom is -0.459 e. The first-order valence-electron chi connectivity index (χ1n) is 9.39. The molecule has 0 spiro atoms. The molecule has 8 heteroatoms. The van der Waals surface area contributed by atoms with Crippen molar-refractivity contribution in [2.45, 2.75) is 41.1 Å². The number of carbonyl (C=O) groups is 1. The molecule has 2 aliphatic rings. The molecule has 0 bridgehead atoms. The van der Waals surface area contributed by atoms with Gasteiger partial charge in [0, 0.05) is 13.0 Å². The molecule has 0 saturated carbocycles. The Hall–Kier alpha value is -2.32. The summed E-state index contributed by atoms with van der Waals surface area (Å²) in [5, 5.41) is -1.28. The second-order valence-corrected chi connectivity index (χ2v) is 9.71. The minimum absolute atomic E-state index is 0.0253. The van der Waals surface area contributed by atoms with E-state index in [-0.39, 0.29) is 24.5 Å². The molecule has 2 aromatic carbocycles. The third-order valence-corrected chi connectivity index (χ3v) is 8.03. The highest BCUT2D eigenvalue weighted by molar-refractivity contribution is 7.92. The van der Waals surface area contributed by atoms with Crippen LogP contribution < -0.4 is 0 Å². The minimum atomic E-state index is -4.01. The highest BCUT2D eigenvalue weighted by Gasteiger charge is 2.69. The Kier molecular flexibility index (Phi) is 4.94. The van der Waals surface area contributed by atoms with Crippen LogP contribution in [-0.4, -0.2) is 49.1 Å². The normalized spacial score (nSPS) is 26.2. The first kappa shape index (κ1) is 20.0. The summed E-state index contributed by atoms with van der Waals surface area (Å²) in [5.41, 5.74) is -1.18. The lowest BCUT2D eigenvalue weighted by molar-refractivity contribution is -0.156.